The summed E-state index contributed by atoms with van der Waals surface area (Å²) in [6.07, 6.45) is -6.88. The molecule has 2 fully saturated rings. The van der Waals surface area contributed by atoms with Crippen LogP contribution in [0, 0.1) is 23.7 Å². The summed E-state index contributed by atoms with van der Waals surface area (Å²) in [6.45, 7) is 10.2. The minimum Gasteiger partial charge on any atom is -0.462 e. The standard InChI is InChI=1S/C38H63NO14/c1-10-28-25(18-49-38-36(48-9)34(47)32(45)23(6)51-38)15-19(2)11-12-26(41)20(3)16-24(13-14-40)35(21(4)27(42)17-29(43)52-28)53-37-33(46)30(39(7)8)31(44)22(5)50-37/h11-12,14-15,20-25,27-28,30-38,42,44-47H,10,13,16-18H2,1-9H3/t20-,21-,22-,23+,24+,25-,27+,28?,30-,31-,32-,33-,34-,35?,36-,37-,38-/m0/s1. The van der Waals surface area contributed by atoms with E-state index in [4.69, 9.17) is 28.4 Å². The smallest absolute Gasteiger partial charge is 0.308 e. The Hall–Kier alpha value is -2.15. The van der Waals surface area contributed by atoms with Crippen molar-refractivity contribution in [2.75, 3.05) is 27.8 Å². The van der Waals surface area contributed by atoms with Crippen LogP contribution in [0.15, 0.2) is 23.8 Å². The predicted octanol–water partition coefficient (Wildman–Crippen LogP) is 0.908. The number of esters is 1. The highest BCUT2D eigenvalue weighted by Gasteiger charge is 2.48. The molecule has 0 spiro atoms. The Labute approximate surface area is 313 Å². The first-order valence-electron chi connectivity index (χ1n) is 18.7. The molecule has 304 valence electrons. The van der Waals surface area contributed by atoms with Crippen molar-refractivity contribution in [1.29, 1.82) is 0 Å². The zero-order valence-electron chi connectivity index (χ0n) is 32.5. The van der Waals surface area contributed by atoms with Crippen LogP contribution in [-0.4, -0.2) is 156 Å². The number of carbonyl (C=O) groups excluding carboxylic acids is 3. The maximum atomic E-state index is 13.5. The molecule has 2 unspecified atom stereocenters. The number of hydrogen-bond donors (Lipinski definition) is 5. The summed E-state index contributed by atoms with van der Waals surface area (Å²) < 4.78 is 35.6. The third-order valence-corrected chi connectivity index (χ3v) is 10.9. The Balaban J connectivity index is 1.96. The highest BCUT2D eigenvalue weighted by molar-refractivity contribution is 5.91. The van der Waals surface area contributed by atoms with Gasteiger partial charge < -0.3 is 63.6 Å². The summed E-state index contributed by atoms with van der Waals surface area (Å²) in [5, 5.41) is 54.4. The van der Waals surface area contributed by atoms with Gasteiger partial charge in [-0.3, -0.25) is 9.59 Å². The predicted molar refractivity (Wildman–Crippen MR) is 191 cm³/mol. The van der Waals surface area contributed by atoms with Gasteiger partial charge in [-0.1, -0.05) is 38.5 Å². The van der Waals surface area contributed by atoms with Crippen molar-refractivity contribution in [2.45, 2.75) is 147 Å². The molecule has 3 rings (SSSR count). The normalized spacial score (nSPS) is 42.6. The molecule has 0 bridgehead atoms. The number of nitrogens with zero attached hydrogens (tertiary/aromatic N) is 1. The van der Waals surface area contributed by atoms with Crippen LogP contribution in [-0.2, 0) is 42.8 Å². The Kier molecular flexibility index (Phi) is 17.6. The van der Waals surface area contributed by atoms with E-state index in [1.54, 1.807) is 59.7 Å². The lowest BCUT2D eigenvalue weighted by Crippen LogP contribution is -2.63. The summed E-state index contributed by atoms with van der Waals surface area (Å²) >= 11 is 0. The average molecular weight is 758 g/mol. The summed E-state index contributed by atoms with van der Waals surface area (Å²) in [4.78, 5) is 40.6. The van der Waals surface area contributed by atoms with Crippen molar-refractivity contribution in [1.82, 2.24) is 4.90 Å². The fourth-order valence-corrected chi connectivity index (χ4v) is 7.51. The molecule has 0 radical (unpaired) electrons. The van der Waals surface area contributed by atoms with Crippen LogP contribution < -0.4 is 0 Å². The number of aliphatic hydroxyl groups excluding tert-OH is 5. The van der Waals surface area contributed by atoms with Crippen molar-refractivity contribution in [3.8, 4) is 0 Å². The summed E-state index contributed by atoms with van der Waals surface area (Å²) in [5.74, 6) is -3.48. The lowest BCUT2D eigenvalue weighted by molar-refractivity contribution is -0.304. The maximum Gasteiger partial charge on any atom is 0.308 e. The van der Waals surface area contributed by atoms with Crippen LogP contribution in [0.1, 0.15) is 67.2 Å². The van der Waals surface area contributed by atoms with E-state index in [0.717, 1.165) is 0 Å². The van der Waals surface area contributed by atoms with Gasteiger partial charge in [-0.2, -0.15) is 0 Å². The summed E-state index contributed by atoms with van der Waals surface area (Å²) in [7, 11) is 4.78. The molecule has 0 saturated carbocycles. The van der Waals surface area contributed by atoms with Crippen molar-refractivity contribution in [3.05, 3.63) is 23.8 Å². The number of rotatable bonds is 10. The second-order valence-corrected chi connectivity index (χ2v) is 15.1. The molecule has 17 atom stereocenters. The number of ketones is 1. The highest BCUT2D eigenvalue weighted by atomic mass is 16.7. The number of hydrogen-bond acceptors (Lipinski definition) is 15. The monoisotopic (exact) mass is 757 g/mol. The number of aliphatic hydroxyl groups is 5. The van der Waals surface area contributed by atoms with Crippen LogP contribution >= 0.6 is 0 Å². The van der Waals surface area contributed by atoms with Gasteiger partial charge in [0.05, 0.1) is 49.6 Å². The number of aldehydes is 1. The van der Waals surface area contributed by atoms with E-state index < -0.39 is 116 Å². The average Bonchev–Trinajstić information content (AvgIpc) is 3.10. The van der Waals surface area contributed by atoms with E-state index in [9.17, 15) is 39.9 Å². The zero-order chi connectivity index (χ0) is 39.7. The first-order chi connectivity index (χ1) is 24.9. The minimum absolute atomic E-state index is 0.0342. The van der Waals surface area contributed by atoms with E-state index in [1.165, 1.54) is 13.2 Å². The fraction of sp³-hybridized carbons (Fsp3) is 0.816. The molecule has 3 aliphatic rings. The first kappa shape index (κ1) is 45.2. The molecule has 3 heterocycles. The molecule has 0 aromatic carbocycles. The number of cyclic esters (lactones) is 1. The molecular weight excluding hydrogens is 694 g/mol. The SMILES string of the molecule is CCC1OC(=O)C[C@@H](O)[C@H](C)C(O[C@@H]2O[C@@H](C)[C@H](O)[C@H](N(C)C)[C@@H]2O)[C@H](CC=O)C[C@H](C)C(=O)C=CC(C)=C[C@H]1CO[C@H]1O[C@H](C)[C@H](O)[C@H](O)[C@@H]1OC. The third kappa shape index (κ3) is 11.7. The van der Waals surface area contributed by atoms with Crippen molar-refractivity contribution in [3.63, 3.8) is 0 Å². The van der Waals surface area contributed by atoms with Crippen molar-refractivity contribution >= 4 is 18.0 Å². The van der Waals surface area contributed by atoms with Gasteiger partial charge in [-0.05, 0) is 59.7 Å². The van der Waals surface area contributed by atoms with E-state index >= 15 is 0 Å². The lowest BCUT2D eigenvalue weighted by Gasteiger charge is -2.46. The second kappa shape index (κ2) is 20.7. The van der Waals surface area contributed by atoms with Crippen LogP contribution in [0.25, 0.3) is 0 Å². The lowest BCUT2D eigenvalue weighted by atomic mass is 9.79. The molecule has 5 N–H and O–H groups in total. The van der Waals surface area contributed by atoms with Gasteiger partial charge >= 0.3 is 5.97 Å². The van der Waals surface area contributed by atoms with E-state index in [-0.39, 0.29) is 25.2 Å². The number of likely N-dealkylation sites (N-methyl/N-ethyl adjacent to an activating group) is 1. The van der Waals surface area contributed by atoms with Crippen molar-refractivity contribution < 1.29 is 68.3 Å². The molecule has 15 nitrogen and oxygen atoms in total. The van der Waals surface area contributed by atoms with Crippen LogP contribution in [0.2, 0.25) is 0 Å². The topological polar surface area (TPSA) is 211 Å². The van der Waals surface area contributed by atoms with Gasteiger partial charge in [0.25, 0.3) is 0 Å². The van der Waals surface area contributed by atoms with Gasteiger partial charge in [0.1, 0.15) is 36.8 Å². The van der Waals surface area contributed by atoms with Gasteiger partial charge in [-0.15, -0.1) is 0 Å². The van der Waals surface area contributed by atoms with Crippen LogP contribution in [0.5, 0.6) is 0 Å². The third-order valence-electron chi connectivity index (χ3n) is 10.9. The van der Waals surface area contributed by atoms with E-state index in [1.807, 2.05) is 13.0 Å². The molecular formula is C38H63NO14. The molecule has 53 heavy (non-hydrogen) atoms. The van der Waals surface area contributed by atoms with Crippen LogP contribution in [0.4, 0.5) is 0 Å². The largest absolute Gasteiger partial charge is 0.462 e. The Morgan fingerprint density at radius 3 is 2.15 bits per heavy atom. The quantitative estimate of drug-likeness (QED) is 0.155. The second-order valence-electron chi connectivity index (χ2n) is 15.1. The van der Waals surface area contributed by atoms with E-state index in [0.29, 0.717) is 18.3 Å². The molecule has 0 aliphatic carbocycles. The Morgan fingerprint density at radius 2 is 1.55 bits per heavy atom. The molecule has 3 aliphatic heterocycles. The van der Waals surface area contributed by atoms with Gasteiger partial charge in [0.15, 0.2) is 18.4 Å². The number of methoxy groups -OCH3 is 1. The summed E-state index contributed by atoms with van der Waals surface area (Å²) in [5.41, 5.74) is 0.673. The number of ether oxygens (including phenoxy) is 6. The molecule has 0 aromatic heterocycles. The Bertz CT molecular complexity index is 1250. The van der Waals surface area contributed by atoms with Gasteiger partial charge in [0, 0.05) is 31.3 Å². The van der Waals surface area contributed by atoms with Crippen molar-refractivity contribution in [2.24, 2.45) is 23.7 Å². The molecule has 15 heteroatoms. The molecule has 0 aromatic rings. The maximum absolute atomic E-state index is 13.5. The fourth-order valence-electron chi connectivity index (χ4n) is 7.51. The number of carbonyl (C=O) groups is 3. The molecule has 2 saturated heterocycles. The first-order valence-corrected chi connectivity index (χ1v) is 18.7. The van der Waals surface area contributed by atoms with E-state index in [2.05, 4.69) is 0 Å². The van der Waals surface area contributed by atoms with Crippen LogP contribution in [0.3, 0.4) is 0 Å². The van der Waals surface area contributed by atoms with Gasteiger partial charge in [0.2, 0.25) is 0 Å². The highest BCUT2D eigenvalue weighted by Crippen LogP contribution is 2.34. The number of allylic oxidation sites excluding steroid dienone is 3. The molecule has 0 amide bonds. The van der Waals surface area contributed by atoms with Gasteiger partial charge in [-0.25, -0.2) is 0 Å². The Morgan fingerprint density at radius 1 is 0.906 bits per heavy atom. The minimum atomic E-state index is -1.33. The zero-order valence-corrected chi connectivity index (χ0v) is 32.5. The summed E-state index contributed by atoms with van der Waals surface area (Å²) in [6, 6.07) is -0.746.